The predicted octanol–water partition coefficient (Wildman–Crippen LogP) is 5.13. The van der Waals surface area contributed by atoms with E-state index in [9.17, 15) is 4.79 Å². The van der Waals surface area contributed by atoms with Crippen molar-refractivity contribution in [3.05, 3.63) is 59.5 Å². The van der Waals surface area contributed by atoms with E-state index in [1.54, 1.807) is 24.5 Å². The van der Waals surface area contributed by atoms with Crippen molar-refractivity contribution in [3.8, 4) is 5.75 Å². The molecule has 1 aliphatic heterocycles. The van der Waals surface area contributed by atoms with E-state index >= 15 is 0 Å². The van der Waals surface area contributed by atoms with E-state index in [4.69, 9.17) is 19.4 Å². The Bertz CT molecular complexity index is 1390. The molecule has 0 amide bonds. The Kier molecular flexibility index (Phi) is 7.26. The number of likely N-dealkylation sites (N-methyl/N-ethyl adjacent to an activating group) is 1. The standard InChI is InChI=1S/C26H27N5O3S2/c1-30-11-13-31(14-12-30)17-8-9-19(21(16-17)33-2)27-26-28-20-10-15-35-23(20)24(29-26)36-22-7-5-4-6-18(22)25(32)34-3/h4-10,15-16H,11-14H2,1-3H3,(H,27,28,29). The Hall–Kier alpha value is -3.34. The fraction of sp³-hybridized carbons (Fsp3) is 0.269. The first-order valence-electron chi connectivity index (χ1n) is 11.5. The molecule has 0 bridgehead atoms. The molecule has 186 valence electrons. The van der Waals surface area contributed by atoms with Crippen LogP contribution in [0.25, 0.3) is 10.2 Å². The summed E-state index contributed by atoms with van der Waals surface area (Å²) in [5.41, 5.74) is 3.26. The summed E-state index contributed by atoms with van der Waals surface area (Å²) in [7, 11) is 5.20. The summed E-state index contributed by atoms with van der Waals surface area (Å²) in [5.74, 6) is 0.813. The lowest BCUT2D eigenvalue weighted by Gasteiger charge is -2.34. The number of benzene rings is 2. The first kappa shape index (κ1) is 24.4. The van der Waals surface area contributed by atoms with Gasteiger partial charge in [-0.2, -0.15) is 0 Å². The van der Waals surface area contributed by atoms with Crippen molar-refractivity contribution in [2.45, 2.75) is 9.92 Å². The van der Waals surface area contributed by atoms with Gasteiger partial charge in [0.05, 0.1) is 35.7 Å². The fourth-order valence-electron chi connectivity index (χ4n) is 4.07. The van der Waals surface area contributed by atoms with Crippen molar-refractivity contribution in [1.82, 2.24) is 14.9 Å². The molecule has 1 N–H and O–H groups in total. The SMILES string of the molecule is COC(=O)c1ccccc1Sc1nc(Nc2ccc(N3CCN(C)CC3)cc2OC)nc2ccsc12. The lowest BCUT2D eigenvalue weighted by atomic mass is 10.2. The van der Waals surface area contributed by atoms with Gasteiger partial charge in [-0.05, 0) is 42.8 Å². The Balaban J connectivity index is 1.44. The minimum absolute atomic E-state index is 0.377. The third-order valence-electron chi connectivity index (χ3n) is 6.07. The summed E-state index contributed by atoms with van der Waals surface area (Å²) in [6.07, 6.45) is 0. The number of thiophene rings is 1. The van der Waals surface area contributed by atoms with Crippen LogP contribution in [-0.2, 0) is 4.74 Å². The van der Waals surface area contributed by atoms with Crippen LogP contribution >= 0.6 is 23.1 Å². The van der Waals surface area contributed by atoms with E-state index in [1.165, 1.54) is 18.9 Å². The Labute approximate surface area is 218 Å². The highest BCUT2D eigenvalue weighted by molar-refractivity contribution is 7.99. The number of nitrogens with one attached hydrogen (secondary N) is 1. The van der Waals surface area contributed by atoms with Crippen LogP contribution in [-0.4, -0.2) is 68.3 Å². The molecule has 3 heterocycles. The van der Waals surface area contributed by atoms with E-state index < -0.39 is 0 Å². The molecule has 1 aliphatic rings. The highest BCUT2D eigenvalue weighted by atomic mass is 32.2. The number of methoxy groups -OCH3 is 2. The van der Waals surface area contributed by atoms with Gasteiger partial charge in [-0.25, -0.2) is 14.8 Å². The first-order valence-corrected chi connectivity index (χ1v) is 13.2. The molecule has 8 nitrogen and oxygen atoms in total. The zero-order valence-corrected chi connectivity index (χ0v) is 22.0. The maximum Gasteiger partial charge on any atom is 0.339 e. The summed E-state index contributed by atoms with van der Waals surface area (Å²) in [6, 6.07) is 15.5. The molecule has 0 spiro atoms. The van der Waals surface area contributed by atoms with E-state index in [-0.39, 0.29) is 5.97 Å². The van der Waals surface area contributed by atoms with Crippen molar-refractivity contribution in [3.63, 3.8) is 0 Å². The lowest BCUT2D eigenvalue weighted by molar-refractivity contribution is 0.0597. The van der Waals surface area contributed by atoms with Gasteiger partial charge in [-0.1, -0.05) is 23.9 Å². The minimum Gasteiger partial charge on any atom is -0.494 e. The van der Waals surface area contributed by atoms with Crippen LogP contribution in [0.4, 0.5) is 17.3 Å². The quantitative estimate of drug-likeness (QED) is 0.263. The fourth-order valence-corrected chi connectivity index (χ4v) is 5.99. The van der Waals surface area contributed by atoms with Crippen molar-refractivity contribution in [1.29, 1.82) is 0 Å². The smallest absolute Gasteiger partial charge is 0.339 e. The summed E-state index contributed by atoms with van der Waals surface area (Å²) in [5, 5.41) is 6.10. The largest absolute Gasteiger partial charge is 0.494 e. The topological polar surface area (TPSA) is 79.8 Å². The van der Waals surface area contributed by atoms with E-state index in [1.807, 2.05) is 35.7 Å². The third-order valence-corrected chi connectivity index (χ3v) is 8.18. The summed E-state index contributed by atoms with van der Waals surface area (Å²) in [4.78, 5) is 27.3. The van der Waals surface area contributed by atoms with Crippen LogP contribution in [0.2, 0.25) is 0 Å². The molecule has 4 aromatic rings. The molecule has 1 fully saturated rings. The monoisotopic (exact) mass is 521 g/mol. The van der Waals surface area contributed by atoms with Gasteiger partial charge in [-0.15, -0.1) is 11.3 Å². The van der Waals surface area contributed by atoms with Gasteiger partial charge in [0.15, 0.2) is 0 Å². The second kappa shape index (κ2) is 10.7. The van der Waals surface area contributed by atoms with Crippen LogP contribution in [0, 0.1) is 0 Å². The number of ether oxygens (including phenoxy) is 2. The number of piperazine rings is 1. The number of aromatic nitrogens is 2. The van der Waals surface area contributed by atoms with Crippen LogP contribution in [0.3, 0.4) is 0 Å². The van der Waals surface area contributed by atoms with Crippen LogP contribution in [0.15, 0.2) is 63.8 Å². The number of carbonyl (C=O) groups excluding carboxylic acids is 1. The third kappa shape index (κ3) is 5.11. The second-order valence-electron chi connectivity index (χ2n) is 8.38. The maximum atomic E-state index is 12.3. The molecule has 2 aromatic heterocycles. The van der Waals surface area contributed by atoms with Gasteiger partial charge < -0.3 is 24.6 Å². The van der Waals surface area contributed by atoms with Gasteiger partial charge in [-0.3, -0.25) is 0 Å². The zero-order chi connectivity index (χ0) is 25.1. The second-order valence-corrected chi connectivity index (χ2v) is 10.3. The first-order chi connectivity index (χ1) is 17.6. The molecule has 1 saturated heterocycles. The average Bonchev–Trinajstić information content (AvgIpc) is 3.38. The minimum atomic E-state index is -0.377. The molecule has 2 aromatic carbocycles. The van der Waals surface area contributed by atoms with Crippen molar-refractivity contribution in [2.75, 3.05) is 57.7 Å². The number of rotatable bonds is 7. The van der Waals surface area contributed by atoms with Crippen LogP contribution in [0.5, 0.6) is 5.75 Å². The van der Waals surface area contributed by atoms with E-state index in [2.05, 4.69) is 34.3 Å². The van der Waals surface area contributed by atoms with Crippen LogP contribution < -0.4 is 15.0 Å². The summed E-state index contributed by atoms with van der Waals surface area (Å²) >= 11 is 3.00. The molecule has 0 saturated carbocycles. The van der Waals surface area contributed by atoms with Gasteiger partial charge in [0.1, 0.15) is 10.8 Å². The number of fused-ring (bicyclic) bond motifs is 1. The summed E-state index contributed by atoms with van der Waals surface area (Å²) < 4.78 is 11.6. The Morgan fingerprint density at radius 2 is 1.86 bits per heavy atom. The van der Waals surface area contributed by atoms with Crippen molar-refractivity contribution < 1.29 is 14.3 Å². The number of hydrogen-bond acceptors (Lipinski definition) is 10. The van der Waals surface area contributed by atoms with Gasteiger partial charge in [0.2, 0.25) is 5.95 Å². The number of hydrogen-bond donors (Lipinski definition) is 1. The Morgan fingerprint density at radius 3 is 2.64 bits per heavy atom. The maximum absolute atomic E-state index is 12.3. The molecule has 0 radical (unpaired) electrons. The molecule has 10 heteroatoms. The van der Waals surface area contributed by atoms with Crippen molar-refractivity contribution >= 4 is 56.6 Å². The lowest BCUT2D eigenvalue weighted by Crippen LogP contribution is -2.44. The number of carbonyl (C=O) groups is 1. The van der Waals surface area contributed by atoms with Gasteiger partial charge in [0.25, 0.3) is 0 Å². The molecular formula is C26H27N5O3S2. The van der Waals surface area contributed by atoms with Crippen molar-refractivity contribution in [2.24, 2.45) is 0 Å². The number of nitrogens with zero attached hydrogens (tertiary/aromatic N) is 4. The van der Waals surface area contributed by atoms with E-state index in [0.717, 1.165) is 63.4 Å². The highest BCUT2D eigenvalue weighted by Crippen LogP contribution is 2.38. The Morgan fingerprint density at radius 1 is 1.06 bits per heavy atom. The molecule has 36 heavy (non-hydrogen) atoms. The molecule has 5 rings (SSSR count). The average molecular weight is 522 g/mol. The molecule has 0 aliphatic carbocycles. The van der Waals surface area contributed by atoms with Crippen LogP contribution in [0.1, 0.15) is 10.4 Å². The normalized spacial score (nSPS) is 14.1. The van der Waals surface area contributed by atoms with Gasteiger partial charge in [0, 0.05) is 42.8 Å². The molecule has 0 unspecified atom stereocenters. The van der Waals surface area contributed by atoms with Gasteiger partial charge >= 0.3 is 5.97 Å². The zero-order valence-electron chi connectivity index (χ0n) is 20.4. The molecule has 0 atom stereocenters. The highest BCUT2D eigenvalue weighted by Gasteiger charge is 2.19. The van der Waals surface area contributed by atoms with E-state index in [0.29, 0.717) is 11.5 Å². The molecular weight excluding hydrogens is 494 g/mol. The summed E-state index contributed by atoms with van der Waals surface area (Å²) in [6.45, 7) is 4.04. The number of anilines is 3. The number of esters is 1. The predicted molar refractivity (Wildman–Crippen MR) is 145 cm³/mol.